The predicted molar refractivity (Wildman–Crippen MR) is 172 cm³/mol. The highest BCUT2D eigenvalue weighted by atomic mass is 32.2. The topological polar surface area (TPSA) is 136 Å². The summed E-state index contributed by atoms with van der Waals surface area (Å²) in [7, 11) is -4.97. The van der Waals surface area contributed by atoms with E-state index in [2.05, 4.69) is 20.3 Å². The van der Waals surface area contributed by atoms with Gasteiger partial charge in [0, 0.05) is 42.3 Å². The van der Waals surface area contributed by atoms with Crippen LogP contribution in [0, 0.1) is 12.7 Å². The zero-order valence-corrected chi connectivity index (χ0v) is 27.4. The summed E-state index contributed by atoms with van der Waals surface area (Å²) < 4.78 is 91.4. The number of aromatic nitrogens is 3. The van der Waals surface area contributed by atoms with E-state index >= 15 is 0 Å². The average Bonchev–Trinajstić information content (AvgIpc) is 2.98. The SMILES string of the molecule is Cc1ccc2c(NS(=O)(=O)CC(F)(F)F)c(F)ccc2c1Oc1ncccc1-c1ccnc(N[C@@H]2CCCN(C(=O)OC(C)(C)C)C2)n1. The van der Waals surface area contributed by atoms with E-state index in [0.29, 0.717) is 35.9 Å². The van der Waals surface area contributed by atoms with Crippen molar-refractivity contribution in [3.8, 4) is 22.9 Å². The third-order valence-electron chi connectivity index (χ3n) is 7.22. The van der Waals surface area contributed by atoms with Crippen molar-refractivity contribution in [1.29, 1.82) is 0 Å². The Kier molecular flexibility index (Phi) is 9.67. The van der Waals surface area contributed by atoms with Crippen molar-refractivity contribution in [2.24, 2.45) is 0 Å². The maximum absolute atomic E-state index is 14.9. The van der Waals surface area contributed by atoms with Crippen LogP contribution in [0.4, 0.5) is 34.0 Å². The molecule has 2 aromatic heterocycles. The second kappa shape index (κ2) is 13.4. The fraction of sp³-hybridized carbons (Fsp3) is 0.375. The molecule has 5 rings (SSSR count). The molecule has 1 aliphatic heterocycles. The van der Waals surface area contributed by atoms with Crippen molar-refractivity contribution >= 4 is 38.5 Å². The standard InChI is InChI=1S/C32H34F4N6O5S/c1-19-9-10-21-22(11-12-24(33)26(21)41-48(44,45)18-32(34,35)36)27(19)46-28-23(8-5-14-37-28)25-13-15-38-29(40-25)39-20-7-6-16-42(17-20)30(43)47-31(2,3)4/h5,8-15,20,41H,6-7,16-18H2,1-4H3,(H,38,39,40)/t20-/m1/s1. The summed E-state index contributed by atoms with van der Waals surface area (Å²) >= 11 is 0. The van der Waals surface area contributed by atoms with Crippen LogP contribution in [0.5, 0.6) is 11.6 Å². The van der Waals surface area contributed by atoms with Gasteiger partial charge in [0.05, 0.1) is 16.9 Å². The van der Waals surface area contributed by atoms with Gasteiger partial charge in [-0.05, 0) is 76.4 Å². The number of alkyl halides is 3. The Hall–Kier alpha value is -4.73. The number of likely N-dealkylation sites (tertiary alicyclic amines) is 1. The van der Waals surface area contributed by atoms with Crippen molar-refractivity contribution in [3.05, 3.63) is 66.2 Å². The summed E-state index contributed by atoms with van der Waals surface area (Å²) in [5.74, 6) is -2.64. The molecule has 1 amide bonds. The first kappa shape index (κ1) is 34.6. The Morgan fingerprint density at radius 2 is 1.79 bits per heavy atom. The maximum atomic E-state index is 14.9. The van der Waals surface area contributed by atoms with Crippen molar-refractivity contribution in [2.45, 2.75) is 58.4 Å². The van der Waals surface area contributed by atoms with Crippen LogP contribution in [0.25, 0.3) is 22.0 Å². The number of amides is 1. The first-order chi connectivity index (χ1) is 22.5. The quantitative estimate of drug-likeness (QED) is 0.187. The zero-order chi connectivity index (χ0) is 34.9. The molecular weight excluding hydrogens is 656 g/mol. The maximum Gasteiger partial charge on any atom is 0.410 e. The number of carbonyl (C=O) groups is 1. The van der Waals surface area contributed by atoms with Crippen LogP contribution in [0.15, 0.2) is 54.9 Å². The van der Waals surface area contributed by atoms with Gasteiger partial charge in [-0.3, -0.25) is 4.72 Å². The number of halogens is 4. The van der Waals surface area contributed by atoms with Crippen LogP contribution in [-0.2, 0) is 14.8 Å². The van der Waals surface area contributed by atoms with E-state index in [0.717, 1.165) is 18.9 Å². The smallest absolute Gasteiger partial charge is 0.410 e. The third kappa shape index (κ3) is 8.59. The van der Waals surface area contributed by atoms with Crippen LogP contribution in [0.3, 0.4) is 0 Å². The Bertz CT molecular complexity index is 1930. The number of sulfonamides is 1. The summed E-state index contributed by atoms with van der Waals surface area (Å²) in [6, 6.07) is 10.1. The number of carbonyl (C=O) groups excluding carboxylic acids is 1. The van der Waals surface area contributed by atoms with E-state index in [1.165, 1.54) is 24.4 Å². The van der Waals surface area contributed by atoms with Gasteiger partial charge < -0.3 is 19.7 Å². The van der Waals surface area contributed by atoms with Crippen LogP contribution in [-0.4, -0.2) is 71.0 Å². The molecule has 16 heteroatoms. The van der Waals surface area contributed by atoms with Crippen LogP contribution in [0.2, 0.25) is 0 Å². The number of pyridine rings is 1. The van der Waals surface area contributed by atoms with E-state index in [1.54, 1.807) is 40.9 Å². The van der Waals surface area contributed by atoms with E-state index in [4.69, 9.17) is 9.47 Å². The number of nitrogens with one attached hydrogen (secondary N) is 2. The lowest BCUT2D eigenvalue weighted by Crippen LogP contribution is -2.47. The molecule has 1 atom stereocenters. The van der Waals surface area contributed by atoms with Gasteiger partial charge in [0.15, 0.2) is 5.75 Å². The highest BCUT2D eigenvalue weighted by Gasteiger charge is 2.36. The van der Waals surface area contributed by atoms with E-state index in [-0.39, 0.29) is 28.4 Å². The van der Waals surface area contributed by atoms with E-state index in [9.17, 15) is 30.8 Å². The molecule has 3 heterocycles. The number of hydrogen-bond acceptors (Lipinski definition) is 9. The number of nitrogens with zero attached hydrogens (tertiary/aromatic N) is 4. The number of anilines is 2. The number of hydrogen-bond donors (Lipinski definition) is 2. The van der Waals surface area contributed by atoms with E-state index in [1.807, 2.05) is 20.8 Å². The van der Waals surface area contributed by atoms with Crippen LogP contribution < -0.4 is 14.8 Å². The average molecular weight is 691 g/mol. The summed E-state index contributed by atoms with van der Waals surface area (Å²) in [6.45, 7) is 8.11. The third-order valence-corrected chi connectivity index (χ3v) is 8.44. The van der Waals surface area contributed by atoms with Gasteiger partial charge in [0.25, 0.3) is 0 Å². The number of fused-ring (bicyclic) bond motifs is 1. The molecule has 2 N–H and O–H groups in total. The van der Waals surface area contributed by atoms with Gasteiger partial charge >= 0.3 is 12.3 Å². The summed E-state index contributed by atoms with van der Waals surface area (Å²) in [5, 5.41) is 3.51. The number of ether oxygens (including phenoxy) is 2. The van der Waals surface area contributed by atoms with Crippen molar-refractivity contribution in [1.82, 2.24) is 19.9 Å². The summed E-state index contributed by atoms with van der Waals surface area (Å²) in [5.41, 5.74) is 0.218. The largest absolute Gasteiger partial charge is 0.444 e. The Morgan fingerprint density at radius 1 is 1.04 bits per heavy atom. The monoisotopic (exact) mass is 690 g/mol. The molecule has 2 aromatic carbocycles. The van der Waals surface area contributed by atoms with Gasteiger partial charge in [-0.2, -0.15) is 13.2 Å². The highest BCUT2D eigenvalue weighted by molar-refractivity contribution is 7.92. The second-order valence-corrected chi connectivity index (χ2v) is 14.1. The highest BCUT2D eigenvalue weighted by Crippen LogP contribution is 2.40. The zero-order valence-electron chi connectivity index (χ0n) is 26.6. The molecule has 1 aliphatic rings. The van der Waals surface area contributed by atoms with Gasteiger partial charge in [0.1, 0.15) is 17.2 Å². The lowest BCUT2D eigenvalue weighted by Gasteiger charge is -2.34. The minimum absolute atomic E-state index is 0.0136. The first-order valence-electron chi connectivity index (χ1n) is 15.0. The molecule has 4 aromatic rings. The van der Waals surface area contributed by atoms with Crippen molar-refractivity contribution in [3.63, 3.8) is 0 Å². The molecule has 0 unspecified atom stereocenters. The Morgan fingerprint density at radius 3 is 2.52 bits per heavy atom. The summed E-state index contributed by atoms with van der Waals surface area (Å²) in [4.78, 5) is 27.6. The fourth-order valence-corrected chi connectivity index (χ4v) is 6.24. The number of rotatable bonds is 8. The first-order valence-corrected chi connectivity index (χ1v) is 16.6. The molecule has 1 fully saturated rings. The van der Waals surface area contributed by atoms with Crippen molar-refractivity contribution in [2.75, 3.05) is 28.9 Å². The van der Waals surface area contributed by atoms with Gasteiger partial charge in [-0.15, -0.1) is 0 Å². The van der Waals surface area contributed by atoms with Crippen LogP contribution >= 0.6 is 0 Å². The van der Waals surface area contributed by atoms with Gasteiger partial charge in [0.2, 0.25) is 21.9 Å². The molecule has 48 heavy (non-hydrogen) atoms. The second-order valence-electron chi connectivity index (χ2n) is 12.3. The van der Waals surface area contributed by atoms with Crippen LogP contribution in [0.1, 0.15) is 39.2 Å². The molecule has 11 nitrogen and oxygen atoms in total. The minimum atomic E-state index is -5.03. The lowest BCUT2D eigenvalue weighted by atomic mass is 10.0. The molecular formula is C32H34F4N6O5S. The molecule has 256 valence electrons. The molecule has 0 aliphatic carbocycles. The predicted octanol–water partition coefficient (Wildman–Crippen LogP) is 7.05. The van der Waals surface area contributed by atoms with Crippen molar-refractivity contribution < 1.29 is 40.2 Å². The summed E-state index contributed by atoms with van der Waals surface area (Å²) in [6.07, 6.45) is -0.830. The normalized spacial score (nSPS) is 15.7. The van der Waals surface area contributed by atoms with E-state index < -0.39 is 45.2 Å². The molecule has 0 spiro atoms. The minimum Gasteiger partial charge on any atom is -0.444 e. The lowest BCUT2D eigenvalue weighted by molar-refractivity contribution is -0.106. The molecule has 0 radical (unpaired) electrons. The number of benzene rings is 2. The number of aryl methyl sites for hydroxylation is 1. The molecule has 0 saturated carbocycles. The Labute approximate surface area is 274 Å². The van der Waals surface area contributed by atoms with Gasteiger partial charge in [-0.25, -0.2) is 32.6 Å². The Balaban J connectivity index is 1.42. The molecule has 0 bridgehead atoms. The van der Waals surface area contributed by atoms with Gasteiger partial charge in [-0.1, -0.05) is 12.1 Å². The number of piperidine rings is 1. The molecule has 1 saturated heterocycles. The fourth-order valence-electron chi connectivity index (χ4n) is 5.22.